The van der Waals surface area contributed by atoms with Crippen molar-refractivity contribution in [2.45, 2.75) is 39.7 Å². The fourth-order valence-electron chi connectivity index (χ4n) is 1.99. The van der Waals surface area contributed by atoms with Gasteiger partial charge in [0.05, 0.1) is 5.60 Å². The highest BCUT2D eigenvalue weighted by atomic mass is 31.2. The number of hydrogen-bond donors (Lipinski definition) is 1. The van der Waals surface area contributed by atoms with Crippen LogP contribution < -0.4 is 0 Å². The van der Waals surface area contributed by atoms with Gasteiger partial charge in [-0.15, -0.1) is 0 Å². The molecule has 0 bridgehead atoms. The summed E-state index contributed by atoms with van der Waals surface area (Å²) in [5, 5.41) is 0. The van der Waals surface area contributed by atoms with E-state index in [9.17, 15) is 14.3 Å². The Balaban J connectivity index is 5.06. The minimum Gasteiger partial charge on any atom is -0.319 e. The van der Waals surface area contributed by atoms with Crippen LogP contribution in [0.1, 0.15) is 34.1 Å². The van der Waals surface area contributed by atoms with Gasteiger partial charge in [0.15, 0.2) is 0 Å². The predicted octanol–water partition coefficient (Wildman–Crippen LogP) is 4.39. The van der Waals surface area contributed by atoms with Gasteiger partial charge in [0.2, 0.25) is 5.52 Å². The van der Waals surface area contributed by atoms with Gasteiger partial charge in [-0.3, -0.25) is 13.9 Å². The van der Waals surface area contributed by atoms with E-state index in [1.54, 1.807) is 26.0 Å². The van der Waals surface area contributed by atoms with E-state index in [-0.39, 0.29) is 5.92 Å². The van der Waals surface area contributed by atoms with Crippen LogP contribution in [0.25, 0.3) is 0 Å². The number of hydrogen-bond acceptors (Lipinski definition) is 3. The van der Waals surface area contributed by atoms with Gasteiger partial charge in [0, 0.05) is 6.92 Å². The average molecular weight is 312 g/mol. The van der Waals surface area contributed by atoms with Gasteiger partial charge >= 0.3 is 7.60 Å². The van der Waals surface area contributed by atoms with E-state index < -0.39 is 18.7 Å². The zero-order valence-corrected chi connectivity index (χ0v) is 14.1. The second-order valence-electron chi connectivity index (χ2n) is 5.49. The van der Waals surface area contributed by atoms with Crippen LogP contribution in [0.5, 0.6) is 0 Å². The lowest BCUT2D eigenvalue weighted by atomic mass is 9.88. The van der Waals surface area contributed by atoms with Crippen molar-refractivity contribution in [2.75, 3.05) is 0 Å². The standard InChI is InChI=1S/C16H25O4P/c1-7-9-11-15(10-8-2)13(3)12-16(5,6)20-21(18,19)14(4)17/h7-11,13H,1-2,12H2,3-6H3,(H,18,19)/b11-9-,15-10+. The van der Waals surface area contributed by atoms with Gasteiger partial charge in [-0.2, -0.15) is 0 Å². The Morgan fingerprint density at radius 2 is 1.95 bits per heavy atom. The molecule has 21 heavy (non-hydrogen) atoms. The molecule has 0 aliphatic rings. The predicted molar refractivity (Wildman–Crippen MR) is 87.1 cm³/mol. The molecule has 0 spiro atoms. The summed E-state index contributed by atoms with van der Waals surface area (Å²) in [4.78, 5) is 20.7. The molecule has 2 unspecified atom stereocenters. The quantitative estimate of drug-likeness (QED) is 0.506. The third-order valence-corrected chi connectivity index (χ3v) is 4.41. The summed E-state index contributed by atoms with van der Waals surface area (Å²) in [6.07, 6.45) is 9.41. The molecular formula is C16H25O4P. The number of carbonyl (C=O) groups excluding carboxylic acids is 1. The Hall–Kier alpha value is -1.22. The van der Waals surface area contributed by atoms with Gasteiger partial charge in [0.25, 0.3) is 0 Å². The van der Waals surface area contributed by atoms with Crippen LogP contribution in [0.15, 0.2) is 49.1 Å². The first kappa shape index (κ1) is 19.8. The lowest BCUT2D eigenvalue weighted by Crippen LogP contribution is -2.27. The molecule has 0 aliphatic carbocycles. The van der Waals surface area contributed by atoms with Gasteiger partial charge in [-0.05, 0) is 31.8 Å². The van der Waals surface area contributed by atoms with Crippen molar-refractivity contribution >= 4 is 13.1 Å². The molecule has 0 heterocycles. The lowest BCUT2D eigenvalue weighted by molar-refractivity contribution is -0.112. The number of allylic oxidation sites excluding steroid dienone is 6. The highest BCUT2D eigenvalue weighted by molar-refractivity contribution is 7.70. The van der Waals surface area contributed by atoms with Crippen LogP contribution in [0, 0.1) is 5.92 Å². The van der Waals surface area contributed by atoms with Crippen molar-refractivity contribution in [3.63, 3.8) is 0 Å². The molecule has 1 N–H and O–H groups in total. The summed E-state index contributed by atoms with van der Waals surface area (Å²) >= 11 is 0. The maximum absolute atomic E-state index is 11.7. The second kappa shape index (κ2) is 8.28. The largest absolute Gasteiger partial charge is 0.394 e. The van der Waals surface area contributed by atoms with Crippen molar-refractivity contribution < 1.29 is 18.8 Å². The van der Waals surface area contributed by atoms with Crippen LogP contribution >= 0.6 is 7.60 Å². The zero-order chi connectivity index (χ0) is 16.7. The third kappa shape index (κ3) is 7.37. The lowest BCUT2D eigenvalue weighted by Gasteiger charge is -2.30. The summed E-state index contributed by atoms with van der Waals surface area (Å²) in [6.45, 7) is 13.7. The fraction of sp³-hybridized carbons (Fsp3) is 0.438. The van der Waals surface area contributed by atoms with Gasteiger partial charge in [0.1, 0.15) is 0 Å². The molecule has 2 atom stereocenters. The number of rotatable bonds is 9. The summed E-state index contributed by atoms with van der Waals surface area (Å²) in [5.41, 5.74) is -0.758. The molecule has 0 saturated heterocycles. The monoisotopic (exact) mass is 312 g/mol. The highest BCUT2D eigenvalue weighted by Crippen LogP contribution is 2.48. The second-order valence-corrected chi connectivity index (χ2v) is 7.35. The smallest absolute Gasteiger partial charge is 0.319 e. The van der Waals surface area contributed by atoms with E-state index in [4.69, 9.17) is 4.52 Å². The molecule has 0 aromatic heterocycles. The molecule has 0 saturated carbocycles. The van der Waals surface area contributed by atoms with Crippen molar-refractivity contribution in [1.29, 1.82) is 0 Å². The minimum atomic E-state index is -4.22. The van der Waals surface area contributed by atoms with Crippen LogP contribution in [-0.2, 0) is 13.9 Å². The first-order valence-electron chi connectivity index (χ1n) is 6.72. The van der Waals surface area contributed by atoms with Crippen LogP contribution in [0.4, 0.5) is 0 Å². The summed E-state index contributed by atoms with van der Waals surface area (Å²) < 4.78 is 16.9. The highest BCUT2D eigenvalue weighted by Gasteiger charge is 2.35. The minimum absolute atomic E-state index is 0.0566. The van der Waals surface area contributed by atoms with Gasteiger partial charge in [-0.1, -0.05) is 50.5 Å². The molecule has 5 heteroatoms. The Bertz CT molecular complexity index is 500. The zero-order valence-electron chi connectivity index (χ0n) is 13.2. The van der Waals surface area contributed by atoms with E-state index in [0.29, 0.717) is 6.42 Å². The maximum Gasteiger partial charge on any atom is 0.394 e. The van der Waals surface area contributed by atoms with E-state index in [2.05, 4.69) is 13.2 Å². The molecular weight excluding hydrogens is 287 g/mol. The fourth-order valence-corrected chi connectivity index (χ4v) is 2.86. The summed E-state index contributed by atoms with van der Waals surface area (Å²) in [7, 11) is -4.22. The molecule has 0 rings (SSSR count). The van der Waals surface area contributed by atoms with Gasteiger partial charge < -0.3 is 4.89 Å². The Labute approximate surface area is 127 Å². The average Bonchev–Trinajstić information content (AvgIpc) is 2.31. The molecule has 118 valence electrons. The molecule has 0 aromatic carbocycles. The van der Waals surface area contributed by atoms with E-state index in [0.717, 1.165) is 12.5 Å². The normalized spacial score (nSPS) is 17.3. The van der Waals surface area contributed by atoms with E-state index >= 15 is 0 Å². The molecule has 0 aromatic rings. The topological polar surface area (TPSA) is 63.6 Å². The molecule has 0 fully saturated rings. The maximum atomic E-state index is 11.7. The Morgan fingerprint density at radius 3 is 2.38 bits per heavy atom. The molecule has 4 nitrogen and oxygen atoms in total. The van der Waals surface area contributed by atoms with Gasteiger partial charge in [-0.25, -0.2) is 0 Å². The van der Waals surface area contributed by atoms with Crippen LogP contribution in [0.3, 0.4) is 0 Å². The van der Waals surface area contributed by atoms with Crippen molar-refractivity contribution in [3.8, 4) is 0 Å². The molecule has 0 radical (unpaired) electrons. The van der Waals surface area contributed by atoms with Crippen molar-refractivity contribution in [2.24, 2.45) is 5.92 Å². The Kier molecular flexibility index (Phi) is 7.80. The van der Waals surface area contributed by atoms with Crippen molar-refractivity contribution in [1.82, 2.24) is 0 Å². The molecule has 0 amide bonds. The summed E-state index contributed by atoms with van der Waals surface area (Å²) in [5.74, 6) is 0.0566. The van der Waals surface area contributed by atoms with Crippen LogP contribution in [-0.4, -0.2) is 16.0 Å². The van der Waals surface area contributed by atoms with E-state index in [1.165, 1.54) is 0 Å². The van der Waals surface area contributed by atoms with Crippen LogP contribution in [0.2, 0.25) is 0 Å². The van der Waals surface area contributed by atoms with E-state index in [1.807, 2.05) is 25.2 Å². The Morgan fingerprint density at radius 1 is 1.38 bits per heavy atom. The first-order valence-corrected chi connectivity index (χ1v) is 8.30. The third-order valence-electron chi connectivity index (χ3n) is 2.87. The van der Waals surface area contributed by atoms with Crippen molar-refractivity contribution in [3.05, 3.63) is 49.1 Å². The summed E-state index contributed by atoms with van der Waals surface area (Å²) in [6, 6.07) is 0. The molecule has 0 aliphatic heterocycles. The first-order chi connectivity index (χ1) is 9.55. The SMILES string of the molecule is C=C/C=C\C(=C/C=C)C(C)CC(C)(C)OP(=O)(O)C(C)=O. The number of carbonyl (C=O) groups is 1.